The van der Waals surface area contributed by atoms with Gasteiger partial charge >= 0.3 is 0 Å². The summed E-state index contributed by atoms with van der Waals surface area (Å²) in [6, 6.07) is 4.30. The number of aromatic nitrogens is 1. The molecule has 1 aliphatic carbocycles. The number of nitrogens with one attached hydrogen (secondary N) is 2. The molecule has 3 fully saturated rings. The molecule has 2 saturated heterocycles. The van der Waals surface area contributed by atoms with Crippen molar-refractivity contribution >= 4 is 29.4 Å². The van der Waals surface area contributed by atoms with Crippen molar-refractivity contribution in [1.29, 1.82) is 0 Å². The topological polar surface area (TPSA) is 115 Å². The highest BCUT2D eigenvalue weighted by molar-refractivity contribution is 6.08. The maximum atomic E-state index is 13.2. The molecule has 2 amide bonds. The smallest absolute Gasteiger partial charge is 0.270 e. The predicted molar refractivity (Wildman–Crippen MR) is 148 cm³/mol. The van der Waals surface area contributed by atoms with Crippen LogP contribution in [0, 0.1) is 0 Å². The molecular formula is C28H36N8O3. The molecule has 5 heterocycles. The second kappa shape index (κ2) is 10.9. The van der Waals surface area contributed by atoms with E-state index in [1.807, 2.05) is 11.0 Å². The Hall–Kier alpha value is -3.57. The van der Waals surface area contributed by atoms with E-state index in [9.17, 15) is 9.59 Å². The quantitative estimate of drug-likeness (QED) is 0.609. The first-order valence-corrected chi connectivity index (χ1v) is 13.9. The Bertz CT molecular complexity index is 1250. The molecule has 0 radical (unpaired) electrons. The summed E-state index contributed by atoms with van der Waals surface area (Å²) in [5.74, 6) is 1.73. The van der Waals surface area contributed by atoms with Crippen LogP contribution in [-0.2, 0) is 9.53 Å². The summed E-state index contributed by atoms with van der Waals surface area (Å²) in [5.41, 5.74) is 2.15. The number of allylic oxidation sites excluding steroid dienone is 1. The van der Waals surface area contributed by atoms with Gasteiger partial charge in [-0.15, -0.1) is 0 Å². The van der Waals surface area contributed by atoms with Crippen LogP contribution in [0.3, 0.4) is 0 Å². The van der Waals surface area contributed by atoms with Crippen LogP contribution in [0.1, 0.15) is 48.9 Å². The summed E-state index contributed by atoms with van der Waals surface area (Å²) >= 11 is 0. The highest BCUT2D eigenvalue weighted by Crippen LogP contribution is 2.33. The first kappa shape index (κ1) is 25.7. The van der Waals surface area contributed by atoms with Crippen molar-refractivity contribution in [3.05, 3.63) is 47.4 Å². The monoisotopic (exact) mass is 532 g/mol. The van der Waals surface area contributed by atoms with Gasteiger partial charge in [-0.05, 0) is 43.0 Å². The van der Waals surface area contributed by atoms with Gasteiger partial charge in [-0.25, -0.2) is 9.98 Å². The van der Waals surface area contributed by atoms with Gasteiger partial charge in [0.15, 0.2) is 0 Å². The number of carbonyl (C=O) groups excluding carboxylic acids is 2. The number of pyridine rings is 1. The third kappa shape index (κ3) is 5.46. The zero-order valence-corrected chi connectivity index (χ0v) is 22.6. The van der Waals surface area contributed by atoms with Gasteiger partial charge in [0.25, 0.3) is 11.8 Å². The lowest BCUT2D eigenvalue weighted by Gasteiger charge is -2.37. The van der Waals surface area contributed by atoms with E-state index in [1.165, 1.54) is 0 Å². The van der Waals surface area contributed by atoms with Crippen molar-refractivity contribution in [2.24, 2.45) is 9.98 Å². The lowest BCUT2D eigenvalue weighted by molar-refractivity contribution is -0.126. The number of aliphatic imine (C=N–C) groups is 2. The standard InChI is InChI=1S/C28H36N8O3/c1-34(2)27(38)23-11-18-12-25(36(23)22-5-3-4-6-22)33-28(30-13-18)32-24-8-7-19(14-29-24)26(37)35-10-9-20-16-39-17-21(15-35)31-20/h7-8,11,13-14,20-22,31H,3-6,9-10,12,15-17H2,1-2H3,(H,29,30,32). The lowest BCUT2D eigenvalue weighted by atomic mass is 10.0. The minimum atomic E-state index is -0.0327. The van der Waals surface area contributed by atoms with Crippen LogP contribution in [-0.4, -0.2) is 102 Å². The number of nitrogens with zero attached hydrogens (tertiary/aromatic N) is 6. The molecule has 2 unspecified atom stereocenters. The summed E-state index contributed by atoms with van der Waals surface area (Å²) in [4.78, 5) is 45.8. The molecule has 0 spiro atoms. The average Bonchev–Trinajstić information content (AvgIpc) is 3.37. The van der Waals surface area contributed by atoms with Crippen molar-refractivity contribution in [2.75, 3.05) is 45.7 Å². The number of hydrogen-bond donors (Lipinski definition) is 2. The van der Waals surface area contributed by atoms with E-state index >= 15 is 0 Å². The highest BCUT2D eigenvalue weighted by Gasteiger charge is 2.36. The first-order chi connectivity index (χ1) is 18.9. The molecule has 4 aliphatic heterocycles. The predicted octanol–water partition coefficient (Wildman–Crippen LogP) is 1.97. The summed E-state index contributed by atoms with van der Waals surface area (Å²) < 4.78 is 5.66. The van der Waals surface area contributed by atoms with Gasteiger partial charge in [-0.3, -0.25) is 9.59 Å². The Morgan fingerprint density at radius 3 is 2.72 bits per heavy atom. The van der Waals surface area contributed by atoms with Gasteiger partial charge in [0.2, 0.25) is 5.96 Å². The Labute approximate surface area is 228 Å². The lowest BCUT2D eigenvalue weighted by Crippen LogP contribution is -2.50. The van der Waals surface area contributed by atoms with E-state index in [-0.39, 0.29) is 23.9 Å². The molecule has 6 rings (SSSR count). The Kier molecular flexibility index (Phi) is 7.18. The molecule has 5 aliphatic rings. The molecule has 206 valence electrons. The SMILES string of the molecule is CN(C)C(=O)C1=CC2=CN=C(Nc3ccc(C(=O)N4CCC5COCC(C4)N5)cn3)N=C(C2)N1C1CCCC1. The second-order valence-corrected chi connectivity index (χ2v) is 11.1. The molecule has 39 heavy (non-hydrogen) atoms. The third-order valence-electron chi connectivity index (χ3n) is 7.96. The highest BCUT2D eigenvalue weighted by atomic mass is 16.5. The van der Waals surface area contributed by atoms with Crippen LogP contribution in [0.4, 0.5) is 5.82 Å². The van der Waals surface area contributed by atoms with Crippen LogP contribution in [0.25, 0.3) is 0 Å². The van der Waals surface area contributed by atoms with Crippen molar-refractivity contribution in [3.63, 3.8) is 0 Å². The van der Waals surface area contributed by atoms with Gasteiger partial charge in [0.1, 0.15) is 17.4 Å². The molecule has 1 aromatic rings. The number of rotatable bonds is 4. The van der Waals surface area contributed by atoms with Crippen LogP contribution >= 0.6 is 0 Å². The molecule has 1 aromatic heterocycles. The number of anilines is 1. The number of likely N-dealkylation sites (N-methyl/N-ethyl adjacent to an activating group) is 1. The second-order valence-electron chi connectivity index (χ2n) is 11.1. The number of guanidine groups is 1. The van der Waals surface area contributed by atoms with Gasteiger partial charge in [-0.2, -0.15) is 4.99 Å². The van der Waals surface area contributed by atoms with Gasteiger partial charge < -0.3 is 30.1 Å². The van der Waals surface area contributed by atoms with E-state index in [0.29, 0.717) is 61.8 Å². The van der Waals surface area contributed by atoms with Crippen molar-refractivity contribution < 1.29 is 14.3 Å². The molecular weight excluding hydrogens is 496 g/mol. The fourth-order valence-corrected chi connectivity index (χ4v) is 6.00. The van der Waals surface area contributed by atoms with E-state index in [1.54, 1.807) is 43.5 Å². The number of amidine groups is 1. The van der Waals surface area contributed by atoms with E-state index < -0.39 is 0 Å². The van der Waals surface area contributed by atoms with E-state index in [2.05, 4.69) is 25.5 Å². The summed E-state index contributed by atoms with van der Waals surface area (Å²) in [7, 11) is 3.55. The maximum absolute atomic E-state index is 13.2. The minimum Gasteiger partial charge on any atom is -0.378 e. The fraction of sp³-hybridized carbons (Fsp3) is 0.536. The molecule has 11 nitrogen and oxygen atoms in total. The Balaban J connectivity index is 1.18. The van der Waals surface area contributed by atoms with Gasteiger partial charge in [-0.1, -0.05) is 12.8 Å². The van der Waals surface area contributed by atoms with Crippen LogP contribution in [0.5, 0.6) is 0 Å². The third-order valence-corrected chi connectivity index (χ3v) is 7.96. The number of hydrogen-bond acceptors (Lipinski definition) is 9. The summed E-state index contributed by atoms with van der Waals surface area (Å²) in [6.45, 7) is 2.65. The van der Waals surface area contributed by atoms with Crippen molar-refractivity contribution in [3.8, 4) is 0 Å². The van der Waals surface area contributed by atoms with Gasteiger partial charge in [0.05, 0.1) is 18.8 Å². The minimum absolute atomic E-state index is 0.0228. The van der Waals surface area contributed by atoms with Crippen LogP contribution in [0.15, 0.2) is 51.9 Å². The van der Waals surface area contributed by atoms with Crippen LogP contribution < -0.4 is 10.6 Å². The maximum Gasteiger partial charge on any atom is 0.270 e. The molecule has 4 bridgehead atoms. The Morgan fingerprint density at radius 1 is 1.13 bits per heavy atom. The zero-order valence-electron chi connectivity index (χ0n) is 22.6. The number of morpholine rings is 1. The summed E-state index contributed by atoms with van der Waals surface area (Å²) in [6.07, 6.45) is 11.2. The molecule has 2 N–H and O–H groups in total. The number of fused-ring (bicyclic) bond motifs is 4. The number of amides is 2. The number of ether oxygens (including phenoxy) is 1. The first-order valence-electron chi connectivity index (χ1n) is 13.9. The fourth-order valence-electron chi connectivity index (χ4n) is 6.00. The van der Waals surface area contributed by atoms with Gasteiger partial charge in [0, 0.05) is 64.1 Å². The summed E-state index contributed by atoms with van der Waals surface area (Å²) in [5, 5.41) is 6.77. The number of carbonyl (C=O) groups is 2. The molecule has 11 heteroatoms. The molecule has 1 saturated carbocycles. The average molecular weight is 533 g/mol. The van der Waals surface area contributed by atoms with Crippen LogP contribution in [0.2, 0.25) is 0 Å². The largest absolute Gasteiger partial charge is 0.378 e. The van der Waals surface area contributed by atoms with Crippen molar-refractivity contribution in [1.82, 2.24) is 25.0 Å². The Morgan fingerprint density at radius 2 is 1.95 bits per heavy atom. The molecule has 2 atom stereocenters. The zero-order chi connectivity index (χ0) is 26.9. The molecule has 0 aromatic carbocycles. The van der Waals surface area contributed by atoms with E-state index in [4.69, 9.17) is 9.73 Å². The van der Waals surface area contributed by atoms with Crippen molar-refractivity contribution in [2.45, 2.75) is 56.7 Å². The normalized spacial score (nSPS) is 25.1. The van der Waals surface area contributed by atoms with E-state index in [0.717, 1.165) is 43.5 Å².